The molecular weight excluding hydrogens is 464 g/mol. The minimum absolute atomic E-state index is 0.0373. The van der Waals surface area contributed by atoms with Crippen molar-refractivity contribution in [1.29, 1.82) is 0 Å². The zero-order chi connectivity index (χ0) is 26.7. The minimum Gasteiger partial charge on any atom is -0.496 e. The van der Waals surface area contributed by atoms with Crippen LogP contribution in [0.2, 0.25) is 0 Å². The van der Waals surface area contributed by atoms with Crippen LogP contribution >= 0.6 is 0 Å². The summed E-state index contributed by atoms with van der Waals surface area (Å²) in [5.74, 6) is 0.350. The van der Waals surface area contributed by atoms with Gasteiger partial charge in [0.1, 0.15) is 11.6 Å². The molecule has 0 unspecified atom stereocenters. The molecule has 0 fully saturated rings. The number of hydrogen-bond donors (Lipinski definition) is 1. The Hall–Kier alpha value is -4.19. The van der Waals surface area contributed by atoms with Crippen LogP contribution in [0.1, 0.15) is 48.7 Å². The summed E-state index contributed by atoms with van der Waals surface area (Å²) in [5, 5.41) is 10.9. The molecule has 6 heteroatoms. The predicted molar refractivity (Wildman–Crippen MR) is 147 cm³/mol. The third-order valence-electron chi connectivity index (χ3n) is 6.25. The first-order valence-electron chi connectivity index (χ1n) is 12.2. The molecule has 4 rings (SSSR count). The van der Waals surface area contributed by atoms with Crippen LogP contribution < -0.4 is 9.64 Å². The topological polar surface area (TPSA) is 79.7 Å². The number of aromatic carboxylic acids is 1. The molecule has 1 heterocycles. The lowest BCUT2D eigenvalue weighted by atomic mass is 9.91. The van der Waals surface area contributed by atoms with E-state index in [0.717, 1.165) is 38.8 Å². The van der Waals surface area contributed by atoms with Crippen LogP contribution in [0.25, 0.3) is 21.9 Å². The molecule has 0 aliphatic rings. The van der Waals surface area contributed by atoms with Crippen LogP contribution in [0.3, 0.4) is 0 Å². The summed E-state index contributed by atoms with van der Waals surface area (Å²) >= 11 is 0. The molecule has 0 aliphatic heterocycles. The molecule has 4 aromatic rings. The Morgan fingerprint density at radius 1 is 0.946 bits per heavy atom. The number of methoxy groups -OCH3 is 1. The Bertz CT molecular complexity index is 1450. The largest absolute Gasteiger partial charge is 0.496 e. The first-order valence-corrected chi connectivity index (χ1v) is 12.2. The van der Waals surface area contributed by atoms with Gasteiger partial charge in [-0.05, 0) is 76.4 Å². The molecule has 0 radical (unpaired) electrons. The third kappa shape index (κ3) is 5.97. The van der Waals surface area contributed by atoms with Gasteiger partial charge in [0, 0.05) is 18.0 Å². The Labute approximate surface area is 217 Å². The summed E-state index contributed by atoms with van der Waals surface area (Å²) in [7, 11) is 1.67. The molecule has 37 heavy (non-hydrogen) atoms. The van der Waals surface area contributed by atoms with Crippen molar-refractivity contribution >= 4 is 28.5 Å². The highest BCUT2D eigenvalue weighted by atomic mass is 16.5. The summed E-state index contributed by atoms with van der Waals surface area (Å²) < 4.78 is 5.37. The van der Waals surface area contributed by atoms with Crippen molar-refractivity contribution in [2.45, 2.75) is 40.7 Å². The number of carbonyl (C=O) groups is 2. The van der Waals surface area contributed by atoms with E-state index in [1.54, 1.807) is 42.5 Å². The fourth-order valence-electron chi connectivity index (χ4n) is 4.38. The van der Waals surface area contributed by atoms with E-state index in [9.17, 15) is 14.7 Å². The molecule has 1 N–H and O–H groups in total. The third-order valence-corrected chi connectivity index (χ3v) is 6.25. The van der Waals surface area contributed by atoms with Crippen LogP contribution in [0, 0.1) is 12.3 Å². The number of carbonyl (C=O) groups excluding carboxylic acids is 1. The standard InChI is InChI=1S/C31H32N2O4/c1-20-16-23(11-13-27(20)37-5)22-8-6-21(7-9-22)19-33(28(34)18-31(2,3)4)29-26-12-10-25(30(35)36)17-24(26)14-15-32-29/h6-17H,18-19H2,1-5H3,(H,35,36). The van der Waals surface area contributed by atoms with Crippen molar-refractivity contribution in [3.63, 3.8) is 0 Å². The maximum atomic E-state index is 13.5. The van der Waals surface area contributed by atoms with E-state index in [2.05, 4.69) is 23.2 Å². The number of ether oxygens (including phenoxy) is 1. The van der Waals surface area contributed by atoms with E-state index in [1.165, 1.54) is 0 Å². The number of anilines is 1. The van der Waals surface area contributed by atoms with Gasteiger partial charge >= 0.3 is 5.97 Å². The molecule has 190 valence electrons. The highest BCUT2D eigenvalue weighted by Gasteiger charge is 2.25. The minimum atomic E-state index is -0.993. The molecule has 6 nitrogen and oxygen atoms in total. The van der Waals surface area contributed by atoms with E-state index < -0.39 is 5.97 Å². The molecule has 0 saturated carbocycles. The van der Waals surface area contributed by atoms with E-state index >= 15 is 0 Å². The van der Waals surface area contributed by atoms with Crippen molar-refractivity contribution in [3.05, 3.63) is 89.6 Å². The molecule has 1 aromatic heterocycles. The Kier molecular flexibility index (Phi) is 7.30. The second-order valence-electron chi connectivity index (χ2n) is 10.5. The molecule has 3 aromatic carbocycles. The number of nitrogens with zero attached hydrogens (tertiary/aromatic N) is 2. The number of carboxylic acid groups (broad SMARTS) is 1. The molecule has 0 saturated heterocycles. The fourth-order valence-corrected chi connectivity index (χ4v) is 4.38. The average molecular weight is 497 g/mol. The van der Waals surface area contributed by atoms with Gasteiger partial charge in [-0.25, -0.2) is 9.78 Å². The lowest BCUT2D eigenvalue weighted by Crippen LogP contribution is -2.34. The van der Waals surface area contributed by atoms with E-state index in [1.807, 2.05) is 52.0 Å². The number of aromatic nitrogens is 1. The van der Waals surface area contributed by atoms with Crippen LogP contribution in [-0.2, 0) is 11.3 Å². The summed E-state index contributed by atoms with van der Waals surface area (Å²) in [5.41, 5.74) is 4.20. The lowest BCUT2D eigenvalue weighted by molar-refractivity contribution is -0.120. The molecule has 0 aliphatic carbocycles. The molecule has 0 spiro atoms. The highest BCUT2D eigenvalue weighted by Crippen LogP contribution is 2.31. The van der Waals surface area contributed by atoms with Crippen molar-refractivity contribution in [3.8, 4) is 16.9 Å². The predicted octanol–water partition coefficient (Wildman–Crippen LogP) is 6.89. The van der Waals surface area contributed by atoms with Crippen molar-refractivity contribution < 1.29 is 19.4 Å². The number of pyridine rings is 1. The summed E-state index contributed by atoms with van der Waals surface area (Å²) in [6.07, 6.45) is 1.97. The van der Waals surface area contributed by atoms with Gasteiger partial charge in [-0.3, -0.25) is 9.69 Å². The van der Waals surface area contributed by atoms with Gasteiger partial charge in [0.05, 0.1) is 19.2 Å². The molecule has 1 amide bonds. The second kappa shape index (κ2) is 10.4. The number of amides is 1. The van der Waals surface area contributed by atoms with Gasteiger partial charge in [-0.15, -0.1) is 0 Å². The van der Waals surface area contributed by atoms with E-state index in [-0.39, 0.29) is 16.9 Å². The van der Waals surface area contributed by atoms with Gasteiger partial charge in [0.2, 0.25) is 5.91 Å². The number of fused-ring (bicyclic) bond motifs is 1. The quantitative estimate of drug-likeness (QED) is 0.301. The Morgan fingerprint density at radius 3 is 2.27 bits per heavy atom. The number of aryl methyl sites for hydroxylation is 1. The van der Waals surface area contributed by atoms with E-state index in [0.29, 0.717) is 18.8 Å². The monoisotopic (exact) mass is 496 g/mol. The maximum Gasteiger partial charge on any atom is 0.335 e. The van der Waals surface area contributed by atoms with Crippen LogP contribution in [-0.4, -0.2) is 29.1 Å². The smallest absolute Gasteiger partial charge is 0.335 e. The van der Waals surface area contributed by atoms with Gasteiger partial charge in [-0.2, -0.15) is 0 Å². The SMILES string of the molecule is COc1ccc(-c2ccc(CN(C(=O)CC(C)(C)C)c3nccc4cc(C(=O)O)ccc34)cc2)cc1C. The summed E-state index contributed by atoms with van der Waals surface area (Å²) in [6.45, 7) is 8.47. The van der Waals surface area contributed by atoms with Crippen molar-refractivity contribution in [2.24, 2.45) is 5.41 Å². The fraction of sp³-hybridized carbons (Fsp3) is 0.258. The second-order valence-corrected chi connectivity index (χ2v) is 10.5. The lowest BCUT2D eigenvalue weighted by Gasteiger charge is -2.27. The van der Waals surface area contributed by atoms with Crippen molar-refractivity contribution in [1.82, 2.24) is 4.98 Å². The summed E-state index contributed by atoms with van der Waals surface area (Å²) in [6, 6.07) is 20.9. The zero-order valence-electron chi connectivity index (χ0n) is 21.9. The van der Waals surface area contributed by atoms with Crippen LogP contribution in [0.15, 0.2) is 72.9 Å². The van der Waals surface area contributed by atoms with Crippen molar-refractivity contribution in [2.75, 3.05) is 12.0 Å². The highest BCUT2D eigenvalue weighted by molar-refractivity contribution is 6.04. The van der Waals surface area contributed by atoms with Gasteiger partial charge in [0.15, 0.2) is 0 Å². The number of rotatable bonds is 7. The Morgan fingerprint density at radius 2 is 1.65 bits per heavy atom. The Balaban J connectivity index is 1.70. The van der Waals surface area contributed by atoms with Gasteiger partial charge in [-0.1, -0.05) is 51.1 Å². The van der Waals surface area contributed by atoms with E-state index in [4.69, 9.17) is 4.74 Å². The normalized spacial score (nSPS) is 11.4. The maximum absolute atomic E-state index is 13.5. The first-order chi connectivity index (χ1) is 17.6. The first kappa shape index (κ1) is 25.9. The number of carboxylic acids is 1. The molecule has 0 atom stereocenters. The zero-order valence-corrected chi connectivity index (χ0v) is 21.9. The average Bonchev–Trinajstić information content (AvgIpc) is 2.86. The van der Waals surface area contributed by atoms with Gasteiger partial charge in [0.25, 0.3) is 0 Å². The van der Waals surface area contributed by atoms with Crippen LogP contribution in [0.4, 0.5) is 5.82 Å². The van der Waals surface area contributed by atoms with Crippen LogP contribution in [0.5, 0.6) is 5.75 Å². The van der Waals surface area contributed by atoms with Gasteiger partial charge < -0.3 is 9.84 Å². The molecule has 0 bridgehead atoms. The molecular formula is C31H32N2O4. The summed E-state index contributed by atoms with van der Waals surface area (Å²) in [4.78, 5) is 31.3. The number of benzene rings is 3. The number of hydrogen-bond acceptors (Lipinski definition) is 4.